The van der Waals surface area contributed by atoms with Crippen LogP contribution in [0.4, 0.5) is 0 Å². The van der Waals surface area contributed by atoms with Gasteiger partial charge in [0.15, 0.2) is 0 Å². The summed E-state index contributed by atoms with van der Waals surface area (Å²) < 4.78 is 1.70. The Balaban J connectivity index is 2.61. The molecule has 0 unspecified atom stereocenters. The fourth-order valence-electron chi connectivity index (χ4n) is 1.55. The van der Waals surface area contributed by atoms with Gasteiger partial charge in [-0.25, -0.2) is 14.8 Å². The third-order valence-corrected chi connectivity index (χ3v) is 2.60. The lowest BCUT2D eigenvalue weighted by molar-refractivity contribution is 0.0696. The molecular formula is C13H15N3O2. The van der Waals surface area contributed by atoms with Crippen LogP contribution in [0.1, 0.15) is 36.8 Å². The molecule has 5 heteroatoms. The molecule has 0 aliphatic rings. The summed E-state index contributed by atoms with van der Waals surface area (Å²) in [6, 6.07) is 3.15. The number of carbonyl (C=O) groups is 1. The molecule has 0 aromatic carbocycles. The second kappa shape index (κ2) is 4.25. The number of nitrogens with zero attached hydrogens (tertiary/aromatic N) is 3. The van der Waals surface area contributed by atoms with Crippen molar-refractivity contribution >= 4 is 5.97 Å². The minimum absolute atomic E-state index is 0.208. The van der Waals surface area contributed by atoms with Gasteiger partial charge in [-0.2, -0.15) is 0 Å². The first-order valence-electron chi connectivity index (χ1n) is 5.62. The fraction of sp³-hybridized carbons (Fsp3) is 0.308. The smallest absolute Gasteiger partial charge is 0.335 e. The van der Waals surface area contributed by atoms with Crippen molar-refractivity contribution in [3.8, 4) is 5.82 Å². The molecule has 2 rings (SSSR count). The molecule has 2 aromatic rings. The van der Waals surface area contributed by atoms with E-state index < -0.39 is 5.97 Å². The molecule has 0 aliphatic heterocycles. The molecule has 0 bridgehead atoms. The van der Waals surface area contributed by atoms with Crippen LogP contribution in [0.2, 0.25) is 0 Å². The van der Waals surface area contributed by atoms with Gasteiger partial charge in [-0.3, -0.25) is 4.57 Å². The summed E-state index contributed by atoms with van der Waals surface area (Å²) in [5.41, 5.74) is 0.769. The van der Waals surface area contributed by atoms with Gasteiger partial charge < -0.3 is 5.11 Å². The maximum atomic E-state index is 11.1. The van der Waals surface area contributed by atoms with Gasteiger partial charge in [-0.15, -0.1) is 0 Å². The van der Waals surface area contributed by atoms with E-state index in [-0.39, 0.29) is 11.0 Å². The van der Waals surface area contributed by atoms with Gasteiger partial charge >= 0.3 is 5.97 Å². The topological polar surface area (TPSA) is 68.0 Å². The average Bonchev–Trinajstić information content (AvgIpc) is 2.80. The summed E-state index contributed by atoms with van der Waals surface area (Å²) in [6.45, 7) is 6.00. The van der Waals surface area contributed by atoms with Crippen LogP contribution in [-0.2, 0) is 5.41 Å². The highest BCUT2D eigenvalue weighted by molar-refractivity contribution is 5.88. The Morgan fingerprint density at radius 3 is 2.56 bits per heavy atom. The van der Waals surface area contributed by atoms with Crippen LogP contribution in [-0.4, -0.2) is 25.6 Å². The Labute approximate surface area is 105 Å². The molecule has 18 heavy (non-hydrogen) atoms. The van der Waals surface area contributed by atoms with Gasteiger partial charge in [0.05, 0.1) is 5.56 Å². The molecule has 1 N–H and O–H groups in total. The fourth-order valence-corrected chi connectivity index (χ4v) is 1.55. The van der Waals surface area contributed by atoms with Crippen LogP contribution in [0.5, 0.6) is 0 Å². The zero-order valence-corrected chi connectivity index (χ0v) is 10.6. The van der Waals surface area contributed by atoms with E-state index in [1.165, 1.54) is 0 Å². The normalized spacial score (nSPS) is 11.5. The van der Waals surface area contributed by atoms with Crippen molar-refractivity contribution in [1.29, 1.82) is 0 Å². The summed E-state index contributed by atoms with van der Waals surface area (Å²) in [7, 11) is 0. The van der Waals surface area contributed by atoms with E-state index in [1.807, 2.05) is 20.8 Å². The molecule has 2 aromatic heterocycles. The average molecular weight is 245 g/mol. The standard InChI is InChI=1S/C13H15N3O2/c1-13(2,3)10-6-9(12(17)18)7-11(15-10)16-5-4-14-8-16/h4-8H,1-3H3,(H,17,18). The third-order valence-electron chi connectivity index (χ3n) is 2.60. The van der Waals surface area contributed by atoms with E-state index >= 15 is 0 Å². The van der Waals surface area contributed by atoms with Crippen LogP contribution in [0.3, 0.4) is 0 Å². The summed E-state index contributed by atoms with van der Waals surface area (Å²) in [5.74, 6) is -0.387. The molecule has 94 valence electrons. The molecule has 0 spiro atoms. The van der Waals surface area contributed by atoms with E-state index in [2.05, 4.69) is 9.97 Å². The van der Waals surface area contributed by atoms with E-state index in [9.17, 15) is 4.79 Å². The summed E-state index contributed by atoms with van der Waals surface area (Å²) in [6.07, 6.45) is 4.96. The number of aromatic carboxylic acids is 1. The Morgan fingerprint density at radius 2 is 2.06 bits per heavy atom. The molecule has 0 atom stereocenters. The molecule has 0 saturated carbocycles. The lowest BCUT2D eigenvalue weighted by Gasteiger charge is -2.19. The lowest BCUT2D eigenvalue weighted by Crippen LogP contribution is -2.16. The molecule has 0 radical (unpaired) electrons. The van der Waals surface area contributed by atoms with Crippen molar-refractivity contribution in [3.63, 3.8) is 0 Å². The number of imidazole rings is 1. The molecule has 0 aliphatic carbocycles. The molecule has 0 saturated heterocycles. The minimum atomic E-state index is -0.954. The zero-order valence-electron chi connectivity index (χ0n) is 10.6. The van der Waals surface area contributed by atoms with E-state index in [0.29, 0.717) is 5.82 Å². The van der Waals surface area contributed by atoms with Gasteiger partial charge in [0.25, 0.3) is 0 Å². The minimum Gasteiger partial charge on any atom is -0.478 e. The van der Waals surface area contributed by atoms with E-state index in [4.69, 9.17) is 5.11 Å². The molecule has 2 heterocycles. The van der Waals surface area contributed by atoms with Crippen molar-refractivity contribution in [3.05, 3.63) is 42.1 Å². The van der Waals surface area contributed by atoms with Gasteiger partial charge in [0.1, 0.15) is 12.1 Å². The predicted molar refractivity (Wildman–Crippen MR) is 67.0 cm³/mol. The maximum Gasteiger partial charge on any atom is 0.335 e. The Kier molecular flexibility index (Phi) is 2.90. The van der Waals surface area contributed by atoms with Gasteiger partial charge in [-0.1, -0.05) is 20.8 Å². The number of hydrogen-bond donors (Lipinski definition) is 1. The van der Waals surface area contributed by atoms with Crippen molar-refractivity contribution in [2.24, 2.45) is 0 Å². The predicted octanol–water partition coefficient (Wildman–Crippen LogP) is 2.26. The largest absolute Gasteiger partial charge is 0.478 e. The number of aromatic nitrogens is 3. The molecule has 0 amide bonds. The van der Waals surface area contributed by atoms with Gasteiger partial charge in [-0.05, 0) is 12.1 Å². The van der Waals surface area contributed by atoms with Crippen molar-refractivity contribution in [1.82, 2.24) is 14.5 Å². The number of carboxylic acids is 1. The Morgan fingerprint density at radius 1 is 1.33 bits per heavy atom. The molecule has 5 nitrogen and oxygen atoms in total. The highest BCUT2D eigenvalue weighted by Crippen LogP contribution is 2.23. The second-order valence-corrected chi connectivity index (χ2v) is 5.12. The Bertz CT molecular complexity index is 568. The highest BCUT2D eigenvalue weighted by Gasteiger charge is 2.19. The van der Waals surface area contributed by atoms with Crippen LogP contribution in [0, 0.1) is 0 Å². The third kappa shape index (κ3) is 2.40. The number of rotatable bonds is 2. The first-order chi connectivity index (χ1) is 8.38. The van der Waals surface area contributed by atoms with Gasteiger partial charge in [0, 0.05) is 23.5 Å². The number of carboxylic acid groups (broad SMARTS) is 1. The first kappa shape index (κ1) is 12.3. The maximum absolute atomic E-state index is 11.1. The van der Waals surface area contributed by atoms with E-state index in [0.717, 1.165) is 5.69 Å². The Hall–Kier alpha value is -2.17. The first-order valence-corrected chi connectivity index (χ1v) is 5.62. The second-order valence-electron chi connectivity index (χ2n) is 5.12. The van der Waals surface area contributed by atoms with Crippen LogP contribution in [0.15, 0.2) is 30.9 Å². The number of pyridine rings is 1. The molecular weight excluding hydrogens is 230 g/mol. The quantitative estimate of drug-likeness (QED) is 0.881. The lowest BCUT2D eigenvalue weighted by atomic mass is 9.91. The number of hydrogen-bond acceptors (Lipinski definition) is 3. The van der Waals surface area contributed by atoms with Gasteiger partial charge in [0.2, 0.25) is 0 Å². The van der Waals surface area contributed by atoms with E-state index in [1.54, 1.807) is 35.4 Å². The SMILES string of the molecule is CC(C)(C)c1cc(C(=O)O)cc(-n2ccnc2)n1. The summed E-state index contributed by atoms with van der Waals surface area (Å²) >= 11 is 0. The summed E-state index contributed by atoms with van der Waals surface area (Å²) in [5, 5.41) is 9.14. The monoisotopic (exact) mass is 245 g/mol. The zero-order chi connectivity index (χ0) is 13.3. The van der Waals surface area contributed by atoms with Crippen LogP contribution in [0.25, 0.3) is 5.82 Å². The highest BCUT2D eigenvalue weighted by atomic mass is 16.4. The van der Waals surface area contributed by atoms with Crippen molar-refractivity contribution in [2.45, 2.75) is 26.2 Å². The van der Waals surface area contributed by atoms with Crippen molar-refractivity contribution < 1.29 is 9.90 Å². The van der Waals surface area contributed by atoms with Crippen LogP contribution >= 0.6 is 0 Å². The summed E-state index contributed by atoms with van der Waals surface area (Å²) in [4.78, 5) is 19.6. The van der Waals surface area contributed by atoms with Crippen molar-refractivity contribution in [2.75, 3.05) is 0 Å². The van der Waals surface area contributed by atoms with Crippen LogP contribution < -0.4 is 0 Å². The molecule has 0 fully saturated rings.